The van der Waals surface area contributed by atoms with Gasteiger partial charge in [0.15, 0.2) is 0 Å². The highest BCUT2D eigenvalue weighted by atomic mass is 35.5. The number of amides is 3. The number of nitrogens with one attached hydrogen (secondary N) is 3. The van der Waals surface area contributed by atoms with Crippen LogP contribution < -0.4 is 20.7 Å². The van der Waals surface area contributed by atoms with Crippen molar-refractivity contribution in [3.63, 3.8) is 0 Å². The highest BCUT2D eigenvalue weighted by Gasteiger charge is 2.18. The largest absolute Gasteiger partial charge is 0.489 e. The molecule has 0 spiro atoms. The quantitative estimate of drug-likeness (QED) is 0.0908. The zero-order chi connectivity index (χ0) is 33.9. The van der Waals surface area contributed by atoms with E-state index in [-0.39, 0.29) is 11.6 Å². The van der Waals surface area contributed by atoms with Gasteiger partial charge in [0.2, 0.25) is 5.91 Å². The molecule has 5 aromatic carbocycles. The summed E-state index contributed by atoms with van der Waals surface area (Å²) in [6.45, 7) is 4.09. The van der Waals surface area contributed by atoms with Gasteiger partial charge in [-0.1, -0.05) is 84.4 Å². The molecule has 5 rings (SSSR count). The Morgan fingerprint density at radius 1 is 0.812 bits per heavy atom. The van der Waals surface area contributed by atoms with Gasteiger partial charge in [0.1, 0.15) is 18.1 Å². The molecule has 0 aliphatic heterocycles. The number of ether oxygens (including phenoxy) is 1. The third-order valence-electron chi connectivity index (χ3n) is 7.27. The fraction of sp³-hybridized carbons (Fsp3) is 0.103. The molecule has 0 saturated heterocycles. The third kappa shape index (κ3) is 9.61. The molecular weight excluding hydrogens is 642 g/mol. The van der Waals surface area contributed by atoms with E-state index in [1.165, 1.54) is 11.8 Å². The SMILES string of the molecule is Cc1c(Cl)cccc1NC(=O)C(C)Sc1cccc(NC(=O)/C(=C\c2ccc(OCc3ccccc3)cc2)NC(=O)c2ccccc2)c1. The smallest absolute Gasteiger partial charge is 0.272 e. The summed E-state index contributed by atoms with van der Waals surface area (Å²) in [5.74, 6) is -0.424. The fourth-order valence-corrected chi connectivity index (χ4v) is 5.69. The Labute approximate surface area is 289 Å². The minimum Gasteiger partial charge on any atom is -0.489 e. The summed E-state index contributed by atoms with van der Waals surface area (Å²) in [4.78, 5) is 40.4. The molecule has 0 radical (unpaired) electrons. The maximum atomic E-state index is 13.6. The summed E-state index contributed by atoms with van der Waals surface area (Å²) in [6.07, 6.45) is 1.61. The van der Waals surface area contributed by atoms with Gasteiger partial charge in [-0.25, -0.2) is 0 Å². The van der Waals surface area contributed by atoms with E-state index in [2.05, 4.69) is 16.0 Å². The molecule has 1 unspecified atom stereocenters. The van der Waals surface area contributed by atoms with Crippen molar-refractivity contribution in [1.82, 2.24) is 5.32 Å². The molecule has 1 atom stereocenters. The van der Waals surface area contributed by atoms with E-state index in [0.29, 0.717) is 39.9 Å². The summed E-state index contributed by atoms with van der Waals surface area (Å²) in [5.41, 5.74) is 4.19. The van der Waals surface area contributed by atoms with Crippen LogP contribution in [0.4, 0.5) is 11.4 Å². The van der Waals surface area contributed by atoms with Gasteiger partial charge in [0, 0.05) is 26.9 Å². The standard InChI is InChI=1S/C39H34ClN3O4S/c1-26-34(40)17-10-18-35(26)42-37(44)27(2)48-33-16-9-15-31(24-33)41-39(46)36(43-38(45)30-13-7-4-8-14-30)23-28-19-21-32(22-20-28)47-25-29-11-5-3-6-12-29/h3-24,27H,25H2,1-2H3,(H,41,46)(H,42,44)(H,43,45)/b36-23+. The third-order valence-corrected chi connectivity index (χ3v) is 8.77. The number of hydrogen-bond donors (Lipinski definition) is 3. The molecule has 0 aliphatic rings. The Balaban J connectivity index is 1.29. The highest BCUT2D eigenvalue weighted by Crippen LogP contribution is 2.28. The highest BCUT2D eigenvalue weighted by molar-refractivity contribution is 8.00. The van der Waals surface area contributed by atoms with Crippen LogP contribution in [-0.2, 0) is 16.2 Å². The van der Waals surface area contributed by atoms with E-state index >= 15 is 0 Å². The van der Waals surface area contributed by atoms with Gasteiger partial charge in [-0.05, 0) is 91.2 Å². The Kier molecular flexibility index (Phi) is 11.7. The van der Waals surface area contributed by atoms with E-state index in [1.807, 2.05) is 86.6 Å². The summed E-state index contributed by atoms with van der Waals surface area (Å²) in [7, 11) is 0. The Hall–Kier alpha value is -5.31. The van der Waals surface area contributed by atoms with Gasteiger partial charge >= 0.3 is 0 Å². The van der Waals surface area contributed by atoms with E-state index in [1.54, 1.807) is 60.7 Å². The monoisotopic (exact) mass is 675 g/mol. The minimum atomic E-state index is -0.506. The zero-order valence-electron chi connectivity index (χ0n) is 26.4. The van der Waals surface area contributed by atoms with Crippen LogP contribution in [0.1, 0.15) is 34.0 Å². The average Bonchev–Trinajstić information content (AvgIpc) is 3.10. The predicted octanol–water partition coefficient (Wildman–Crippen LogP) is 8.76. The number of halogens is 1. The van der Waals surface area contributed by atoms with Crippen LogP contribution in [0, 0.1) is 6.92 Å². The molecule has 3 N–H and O–H groups in total. The predicted molar refractivity (Wildman–Crippen MR) is 194 cm³/mol. The number of anilines is 2. The normalized spacial score (nSPS) is 11.7. The molecule has 0 bridgehead atoms. The lowest BCUT2D eigenvalue weighted by molar-refractivity contribution is -0.115. The maximum absolute atomic E-state index is 13.6. The first-order chi connectivity index (χ1) is 23.2. The van der Waals surface area contributed by atoms with Crippen molar-refractivity contribution < 1.29 is 19.1 Å². The Morgan fingerprint density at radius 3 is 2.23 bits per heavy atom. The summed E-state index contributed by atoms with van der Waals surface area (Å²) in [6, 6.07) is 38.4. The molecule has 0 saturated carbocycles. The van der Waals surface area contributed by atoms with Crippen LogP contribution >= 0.6 is 23.4 Å². The second kappa shape index (κ2) is 16.5. The van der Waals surface area contributed by atoms with Gasteiger partial charge in [0.25, 0.3) is 11.8 Å². The summed E-state index contributed by atoms with van der Waals surface area (Å²) in [5, 5.41) is 8.74. The first-order valence-corrected chi connectivity index (χ1v) is 16.5. The van der Waals surface area contributed by atoms with Crippen LogP contribution in [0.2, 0.25) is 5.02 Å². The molecule has 48 heavy (non-hydrogen) atoms. The first-order valence-electron chi connectivity index (χ1n) is 15.2. The first kappa shape index (κ1) is 34.0. The molecule has 5 aromatic rings. The summed E-state index contributed by atoms with van der Waals surface area (Å²) >= 11 is 7.56. The molecule has 0 heterocycles. The molecule has 0 aliphatic carbocycles. The minimum absolute atomic E-state index is 0.0597. The van der Waals surface area contributed by atoms with Crippen molar-refractivity contribution in [2.75, 3.05) is 10.6 Å². The molecule has 9 heteroatoms. The van der Waals surface area contributed by atoms with Crippen LogP contribution in [0.3, 0.4) is 0 Å². The topological polar surface area (TPSA) is 96.5 Å². The van der Waals surface area contributed by atoms with Crippen molar-refractivity contribution in [2.24, 2.45) is 0 Å². The van der Waals surface area contributed by atoms with Gasteiger partial charge in [0.05, 0.1) is 5.25 Å². The van der Waals surface area contributed by atoms with Crippen molar-refractivity contribution >= 4 is 58.5 Å². The zero-order valence-corrected chi connectivity index (χ0v) is 28.0. The lowest BCUT2D eigenvalue weighted by Crippen LogP contribution is -2.30. The van der Waals surface area contributed by atoms with E-state index in [4.69, 9.17) is 16.3 Å². The number of hydrogen-bond acceptors (Lipinski definition) is 5. The second-order valence-corrected chi connectivity index (χ2v) is 12.7. The second-order valence-electron chi connectivity index (χ2n) is 10.9. The molecule has 3 amide bonds. The van der Waals surface area contributed by atoms with Crippen molar-refractivity contribution in [1.29, 1.82) is 0 Å². The van der Waals surface area contributed by atoms with Crippen LogP contribution in [0.15, 0.2) is 138 Å². The number of carbonyl (C=O) groups is 3. The molecule has 7 nitrogen and oxygen atoms in total. The van der Waals surface area contributed by atoms with E-state index in [9.17, 15) is 14.4 Å². The molecule has 0 fully saturated rings. The van der Waals surface area contributed by atoms with Crippen LogP contribution in [-0.4, -0.2) is 23.0 Å². The van der Waals surface area contributed by atoms with Gasteiger partial charge in [-0.15, -0.1) is 11.8 Å². The number of rotatable bonds is 12. The fourth-order valence-electron chi connectivity index (χ4n) is 4.59. The average molecular weight is 676 g/mol. The number of thioether (sulfide) groups is 1. The molecule has 0 aromatic heterocycles. The van der Waals surface area contributed by atoms with Crippen LogP contribution in [0.25, 0.3) is 6.08 Å². The van der Waals surface area contributed by atoms with Gasteiger partial charge < -0.3 is 20.7 Å². The van der Waals surface area contributed by atoms with Crippen LogP contribution in [0.5, 0.6) is 5.75 Å². The molecule has 242 valence electrons. The number of benzene rings is 5. The lowest BCUT2D eigenvalue weighted by Gasteiger charge is -2.15. The Bertz CT molecular complexity index is 1920. The van der Waals surface area contributed by atoms with E-state index < -0.39 is 17.1 Å². The maximum Gasteiger partial charge on any atom is 0.272 e. The van der Waals surface area contributed by atoms with Gasteiger partial charge in [-0.3, -0.25) is 14.4 Å². The van der Waals surface area contributed by atoms with Crippen molar-refractivity contribution in [3.8, 4) is 5.75 Å². The summed E-state index contributed by atoms with van der Waals surface area (Å²) < 4.78 is 5.89. The van der Waals surface area contributed by atoms with Crippen molar-refractivity contribution in [2.45, 2.75) is 30.6 Å². The lowest BCUT2D eigenvalue weighted by atomic mass is 10.1. The number of carbonyl (C=O) groups excluding carboxylic acids is 3. The van der Waals surface area contributed by atoms with Gasteiger partial charge in [-0.2, -0.15) is 0 Å². The van der Waals surface area contributed by atoms with E-state index in [0.717, 1.165) is 16.0 Å². The Morgan fingerprint density at radius 2 is 1.50 bits per heavy atom. The van der Waals surface area contributed by atoms with Crippen molar-refractivity contribution in [3.05, 3.63) is 160 Å². The molecular formula is C39H34ClN3O4S.